The Morgan fingerprint density at radius 1 is 1.29 bits per heavy atom. The fraction of sp³-hybridized carbons (Fsp3) is 0.400. The van der Waals surface area contributed by atoms with E-state index in [0.29, 0.717) is 5.56 Å². The zero-order valence-corrected chi connectivity index (χ0v) is 14.5. The standard InChI is InChI=1S/C15H18N8O5/c16-1-7(25)6-2-19-23(3-6)15-20-12(17)9-13(21-15)22(5-18-9)14-11(27)10(26)8(4-24)28-14/h2-3,5,8,10-11,14,24,26-27H,1,4,16H2,(H2,17,20,21)/t8-,10-,11-,14-/m1/s1. The number of hydrogen-bond donors (Lipinski definition) is 5. The normalized spacial score (nSPS) is 24.9. The number of hydrogen-bond acceptors (Lipinski definition) is 11. The van der Waals surface area contributed by atoms with Crippen LogP contribution in [-0.4, -0.2) is 81.9 Å². The summed E-state index contributed by atoms with van der Waals surface area (Å²) in [5, 5.41) is 33.6. The third-order valence-corrected chi connectivity index (χ3v) is 4.52. The summed E-state index contributed by atoms with van der Waals surface area (Å²) in [5.74, 6) is -0.181. The van der Waals surface area contributed by atoms with Gasteiger partial charge < -0.3 is 31.5 Å². The van der Waals surface area contributed by atoms with Crippen LogP contribution < -0.4 is 11.5 Å². The van der Waals surface area contributed by atoms with Gasteiger partial charge in [-0.3, -0.25) is 9.36 Å². The molecule has 3 aromatic heterocycles. The molecule has 0 aliphatic carbocycles. The predicted octanol–water partition coefficient (Wildman–Crippen LogP) is -2.65. The number of nitrogens with zero attached hydrogens (tertiary/aromatic N) is 6. The second-order valence-corrected chi connectivity index (χ2v) is 6.26. The van der Waals surface area contributed by atoms with E-state index in [0.717, 1.165) is 0 Å². The lowest BCUT2D eigenvalue weighted by atomic mass is 10.1. The number of anilines is 1. The van der Waals surface area contributed by atoms with Gasteiger partial charge in [0.15, 0.2) is 23.5 Å². The average molecular weight is 390 g/mol. The molecular weight excluding hydrogens is 372 g/mol. The Kier molecular flexibility index (Phi) is 4.52. The number of rotatable bonds is 5. The Hall–Kier alpha value is -2.97. The van der Waals surface area contributed by atoms with Gasteiger partial charge in [0.2, 0.25) is 0 Å². The highest BCUT2D eigenvalue weighted by atomic mass is 16.6. The van der Waals surface area contributed by atoms with Gasteiger partial charge in [-0.05, 0) is 0 Å². The van der Waals surface area contributed by atoms with E-state index in [4.69, 9.17) is 16.2 Å². The van der Waals surface area contributed by atoms with E-state index in [9.17, 15) is 20.1 Å². The summed E-state index contributed by atoms with van der Waals surface area (Å²) >= 11 is 0. The maximum Gasteiger partial charge on any atom is 0.254 e. The van der Waals surface area contributed by atoms with Crippen LogP contribution in [0.25, 0.3) is 17.1 Å². The third kappa shape index (κ3) is 2.81. The van der Waals surface area contributed by atoms with Crippen molar-refractivity contribution in [2.45, 2.75) is 24.5 Å². The molecule has 0 bridgehead atoms. The predicted molar refractivity (Wildman–Crippen MR) is 93.3 cm³/mol. The Morgan fingerprint density at radius 3 is 2.75 bits per heavy atom. The summed E-state index contributed by atoms with van der Waals surface area (Å²) < 4.78 is 8.16. The average Bonchev–Trinajstić information content (AvgIpc) is 3.40. The number of aromatic nitrogens is 6. The molecule has 0 unspecified atom stereocenters. The first kappa shape index (κ1) is 18.4. The molecule has 0 aromatic carbocycles. The van der Waals surface area contributed by atoms with Crippen LogP contribution in [0.2, 0.25) is 0 Å². The summed E-state index contributed by atoms with van der Waals surface area (Å²) in [6.07, 6.45) is -0.481. The lowest BCUT2D eigenvalue weighted by molar-refractivity contribution is -0.0511. The number of ketones is 1. The van der Waals surface area contributed by atoms with Crippen LogP contribution in [0.4, 0.5) is 5.82 Å². The van der Waals surface area contributed by atoms with Crippen molar-refractivity contribution in [1.29, 1.82) is 0 Å². The van der Waals surface area contributed by atoms with Crippen molar-refractivity contribution in [2.24, 2.45) is 5.73 Å². The molecule has 28 heavy (non-hydrogen) atoms. The number of nitrogens with two attached hydrogens (primary N) is 2. The van der Waals surface area contributed by atoms with Crippen molar-refractivity contribution in [3.8, 4) is 5.95 Å². The van der Waals surface area contributed by atoms with Gasteiger partial charge in [-0.15, -0.1) is 0 Å². The number of ether oxygens (including phenoxy) is 1. The van der Waals surface area contributed by atoms with Gasteiger partial charge in [0.25, 0.3) is 5.95 Å². The number of Topliss-reactive ketones (excluding diaryl/α,β-unsaturated/α-hetero) is 1. The monoisotopic (exact) mass is 390 g/mol. The number of aliphatic hydroxyl groups excluding tert-OH is 3. The summed E-state index contributed by atoms with van der Waals surface area (Å²) in [5.41, 5.74) is 12.1. The molecule has 0 spiro atoms. The van der Waals surface area contributed by atoms with Gasteiger partial charge >= 0.3 is 0 Å². The molecule has 0 radical (unpaired) electrons. The number of carbonyl (C=O) groups excluding carboxylic acids is 1. The first-order chi connectivity index (χ1) is 13.4. The van der Waals surface area contributed by atoms with Crippen molar-refractivity contribution >= 4 is 22.8 Å². The molecule has 0 amide bonds. The first-order valence-corrected chi connectivity index (χ1v) is 8.35. The minimum Gasteiger partial charge on any atom is -0.394 e. The molecular formula is C15H18N8O5. The Bertz CT molecular complexity index is 1030. The number of carbonyl (C=O) groups is 1. The van der Waals surface area contributed by atoms with Gasteiger partial charge in [0, 0.05) is 6.20 Å². The first-order valence-electron chi connectivity index (χ1n) is 8.35. The van der Waals surface area contributed by atoms with E-state index in [1.807, 2.05) is 0 Å². The van der Waals surface area contributed by atoms with Crippen LogP contribution in [0.3, 0.4) is 0 Å². The lowest BCUT2D eigenvalue weighted by Gasteiger charge is -2.16. The van der Waals surface area contributed by atoms with Crippen LogP contribution in [0.5, 0.6) is 0 Å². The van der Waals surface area contributed by atoms with Crippen molar-refractivity contribution in [1.82, 2.24) is 29.3 Å². The van der Waals surface area contributed by atoms with E-state index in [-0.39, 0.29) is 35.3 Å². The summed E-state index contributed by atoms with van der Waals surface area (Å²) in [6.45, 7) is -0.624. The largest absolute Gasteiger partial charge is 0.394 e. The molecule has 3 aromatic rings. The van der Waals surface area contributed by atoms with Crippen molar-refractivity contribution < 1.29 is 24.9 Å². The minimum atomic E-state index is -1.31. The maximum atomic E-state index is 11.7. The quantitative estimate of drug-likeness (QED) is 0.285. The number of nitrogen functional groups attached to an aromatic ring is 1. The zero-order valence-electron chi connectivity index (χ0n) is 14.5. The molecule has 0 saturated carbocycles. The molecule has 1 fully saturated rings. The second kappa shape index (κ2) is 6.88. The van der Waals surface area contributed by atoms with Crippen LogP contribution in [0.15, 0.2) is 18.7 Å². The number of imidazole rings is 1. The highest BCUT2D eigenvalue weighted by Crippen LogP contribution is 2.32. The lowest BCUT2D eigenvalue weighted by Crippen LogP contribution is -2.33. The zero-order chi connectivity index (χ0) is 20.0. The van der Waals surface area contributed by atoms with E-state index in [1.54, 1.807) is 0 Å². The molecule has 1 aliphatic rings. The summed E-state index contributed by atoms with van der Waals surface area (Å²) in [6, 6.07) is 0. The molecule has 13 heteroatoms. The van der Waals surface area contributed by atoms with Crippen molar-refractivity contribution in [3.63, 3.8) is 0 Å². The van der Waals surface area contributed by atoms with Crippen LogP contribution >= 0.6 is 0 Å². The van der Waals surface area contributed by atoms with Crippen molar-refractivity contribution in [3.05, 3.63) is 24.3 Å². The molecule has 1 saturated heterocycles. The van der Waals surface area contributed by atoms with Gasteiger partial charge in [-0.1, -0.05) is 0 Å². The second-order valence-electron chi connectivity index (χ2n) is 6.26. The van der Waals surface area contributed by atoms with Crippen LogP contribution in [-0.2, 0) is 4.74 Å². The molecule has 148 valence electrons. The van der Waals surface area contributed by atoms with Gasteiger partial charge in [0.1, 0.15) is 23.8 Å². The third-order valence-electron chi connectivity index (χ3n) is 4.52. The molecule has 13 nitrogen and oxygen atoms in total. The topological polar surface area (TPSA) is 200 Å². The Labute approximate surface area is 157 Å². The fourth-order valence-corrected chi connectivity index (χ4v) is 3.02. The minimum absolute atomic E-state index is 0.0488. The van der Waals surface area contributed by atoms with E-state index in [1.165, 1.54) is 28.0 Å². The van der Waals surface area contributed by atoms with Gasteiger partial charge in [0.05, 0.1) is 31.2 Å². The smallest absolute Gasteiger partial charge is 0.254 e. The Morgan fingerprint density at radius 2 is 2.07 bits per heavy atom. The van der Waals surface area contributed by atoms with Crippen LogP contribution in [0, 0.1) is 0 Å². The fourth-order valence-electron chi connectivity index (χ4n) is 3.02. The van der Waals surface area contributed by atoms with Gasteiger partial charge in [-0.2, -0.15) is 15.1 Å². The molecule has 4 heterocycles. The van der Waals surface area contributed by atoms with E-state index >= 15 is 0 Å². The molecule has 1 aliphatic heterocycles. The maximum absolute atomic E-state index is 11.7. The Balaban J connectivity index is 1.77. The molecule has 4 rings (SSSR count). The number of aliphatic hydroxyl groups is 3. The van der Waals surface area contributed by atoms with E-state index < -0.39 is 31.1 Å². The highest BCUT2D eigenvalue weighted by molar-refractivity contribution is 5.97. The number of fused-ring (bicyclic) bond motifs is 1. The SMILES string of the molecule is NCC(=O)c1cnn(-c2nc(N)c3ncn([C@@H]4O[C@H](CO)[C@@H](O)[C@H]4O)c3n2)c1. The summed E-state index contributed by atoms with van der Waals surface area (Å²) in [4.78, 5) is 24.3. The van der Waals surface area contributed by atoms with Crippen molar-refractivity contribution in [2.75, 3.05) is 18.9 Å². The van der Waals surface area contributed by atoms with Crippen LogP contribution in [0.1, 0.15) is 16.6 Å². The molecule has 4 atom stereocenters. The molecule has 7 N–H and O–H groups in total. The van der Waals surface area contributed by atoms with Gasteiger partial charge in [-0.25, -0.2) is 9.67 Å². The highest BCUT2D eigenvalue weighted by Gasteiger charge is 2.44. The summed E-state index contributed by atoms with van der Waals surface area (Å²) in [7, 11) is 0. The van der Waals surface area contributed by atoms with E-state index in [2.05, 4.69) is 20.1 Å².